The molecule has 22 heavy (non-hydrogen) atoms. The zero-order chi connectivity index (χ0) is 15.7. The first-order valence-corrected chi connectivity index (χ1v) is 7.62. The topological polar surface area (TPSA) is 111 Å². The quantitative estimate of drug-likeness (QED) is 0.339. The van der Waals surface area contributed by atoms with E-state index in [4.69, 9.17) is 16.4 Å². The maximum absolute atomic E-state index is 9.09. The fourth-order valence-electron chi connectivity index (χ4n) is 3.19. The second-order valence-corrected chi connectivity index (χ2v) is 6.04. The highest BCUT2D eigenvalue weighted by Gasteiger charge is 2.24. The van der Waals surface area contributed by atoms with E-state index in [9.17, 15) is 0 Å². The zero-order valence-electron chi connectivity index (χ0n) is 12.6. The highest BCUT2D eigenvalue weighted by atomic mass is 16.5. The van der Waals surface area contributed by atoms with Crippen LogP contribution in [0.5, 0.6) is 0 Å². The van der Waals surface area contributed by atoms with Gasteiger partial charge in [-0.25, -0.2) is 4.52 Å². The van der Waals surface area contributed by atoms with Gasteiger partial charge in [0.1, 0.15) is 0 Å². The van der Waals surface area contributed by atoms with Gasteiger partial charge in [0.05, 0.1) is 34.8 Å². The van der Waals surface area contributed by atoms with Crippen LogP contribution in [0, 0.1) is 11.3 Å². The van der Waals surface area contributed by atoms with Crippen LogP contribution in [0.1, 0.15) is 38.2 Å². The Morgan fingerprint density at radius 2 is 2.23 bits per heavy atom. The Morgan fingerprint density at radius 3 is 2.95 bits per heavy atom. The molecule has 0 radical (unpaired) electrons. The number of aromatic nitrogens is 2. The first-order chi connectivity index (χ1) is 10.6. The van der Waals surface area contributed by atoms with Crippen LogP contribution in [0.3, 0.4) is 0 Å². The van der Waals surface area contributed by atoms with E-state index >= 15 is 0 Å². The molecular formula is C15H22N6O. The molecule has 7 heteroatoms. The van der Waals surface area contributed by atoms with Crippen molar-refractivity contribution < 1.29 is 5.21 Å². The van der Waals surface area contributed by atoms with Gasteiger partial charge in [-0.15, -0.1) is 0 Å². The van der Waals surface area contributed by atoms with Gasteiger partial charge in [-0.2, -0.15) is 5.10 Å². The highest BCUT2D eigenvalue weighted by Crippen LogP contribution is 2.31. The van der Waals surface area contributed by atoms with Crippen LogP contribution in [-0.4, -0.2) is 26.7 Å². The summed E-state index contributed by atoms with van der Waals surface area (Å²) < 4.78 is 1.69. The van der Waals surface area contributed by atoms with Gasteiger partial charge >= 0.3 is 0 Å². The number of fused-ring (bicyclic) bond motifs is 1. The molecule has 2 heterocycles. The van der Waals surface area contributed by atoms with Gasteiger partial charge < -0.3 is 11.1 Å². The molecule has 0 aromatic carbocycles. The molecule has 0 aliphatic heterocycles. The number of hydroxylamine groups is 1. The van der Waals surface area contributed by atoms with Gasteiger partial charge in [0, 0.05) is 6.04 Å². The number of anilines is 2. The molecule has 0 saturated heterocycles. The molecule has 6 N–H and O–H groups in total. The molecule has 7 nitrogen and oxygen atoms in total. The van der Waals surface area contributed by atoms with Crippen molar-refractivity contribution in [3.63, 3.8) is 0 Å². The number of nitrogens with one attached hydrogen (secondary N) is 3. The molecule has 1 fully saturated rings. The van der Waals surface area contributed by atoms with Gasteiger partial charge in [0.25, 0.3) is 0 Å². The van der Waals surface area contributed by atoms with E-state index < -0.39 is 0 Å². The largest absolute Gasteiger partial charge is 0.397 e. The predicted molar refractivity (Wildman–Crippen MR) is 86.4 cm³/mol. The molecule has 118 valence electrons. The van der Waals surface area contributed by atoms with E-state index in [1.54, 1.807) is 16.9 Å². The maximum Gasteiger partial charge on any atom is 0.153 e. The predicted octanol–water partition coefficient (Wildman–Crippen LogP) is 2.21. The normalized spacial score (nSPS) is 21.7. The summed E-state index contributed by atoms with van der Waals surface area (Å²) in [6.07, 6.45) is 8.08. The Balaban J connectivity index is 2.05. The maximum atomic E-state index is 9.09. The third kappa shape index (κ3) is 2.59. The lowest BCUT2D eigenvalue weighted by molar-refractivity contribution is 0.234. The lowest BCUT2D eigenvalue weighted by Crippen LogP contribution is -2.32. The third-order valence-electron chi connectivity index (χ3n) is 4.48. The highest BCUT2D eigenvalue weighted by molar-refractivity contribution is 6.04. The van der Waals surface area contributed by atoms with Gasteiger partial charge in [0.2, 0.25) is 0 Å². The number of hydrogen-bond donors (Lipinski definition) is 5. The van der Waals surface area contributed by atoms with E-state index in [1.165, 1.54) is 19.3 Å². The van der Waals surface area contributed by atoms with Crippen LogP contribution in [0.15, 0.2) is 18.5 Å². The van der Waals surface area contributed by atoms with Crippen LogP contribution in [-0.2, 0) is 0 Å². The molecule has 1 saturated carbocycles. The molecule has 0 bridgehead atoms. The molecular weight excluding hydrogens is 280 g/mol. The van der Waals surface area contributed by atoms with E-state index in [-0.39, 0.29) is 5.84 Å². The molecule has 2 aromatic rings. The lowest BCUT2D eigenvalue weighted by Gasteiger charge is -2.31. The molecule has 3 rings (SSSR count). The summed E-state index contributed by atoms with van der Waals surface area (Å²) in [6.45, 7) is 2.25. The smallest absolute Gasteiger partial charge is 0.153 e. The van der Waals surface area contributed by atoms with Gasteiger partial charge in [-0.05, 0) is 24.8 Å². The van der Waals surface area contributed by atoms with E-state index in [0.29, 0.717) is 23.2 Å². The fourth-order valence-corrected chi connectivity index (χ4v) is 3.19. The summed E-state index contributed by atoms with van der Waals surface area (Å²) in [7, 11) is 0. The van der Waals surface area contributed by atoms with Crippen molar-refractivity contribution >= 4 is 22.7 Å². The minimum atomic E-state index is -0.0827. The summed E-state index contributed by atoms with van der Waals surface area (Å²) in [4.78, 5) is 0. The summed E-state index contributed by atoms with van der Waals surface area (Å²) in [5.41, 5.74) is 10.5. The third-order valence-corrected chi connectivity index (χ3v) is 4.48. The fraction of sp³-hybridized carbons (Fsp3) is 0.467. The van der Waals surface area contributed by atoms with Gasteiger partial charge in [-0.3, -0.25) is 16.1 Å². The second kappa shape index (κ2) is 5.84. The standard InChI is InChI=1S/C15H22N6O/c1-9-4-2-3-5-12(9)19-14-11(15(17)20-22)7-18-21-8-10(16)6-13(14)21/h6-9,12,19,22H,2-5,16H2,1H3,(H2,17,20)/t9-,12+/m0/s1. The Hall–Kier alpha value is -2.28. The first kappa shape index (κ1) is 14.6. The number of amidine groups is 1. The van der Waals surface area contributed by atoms with E-state index in [2.05, 4.69) is 17.3 Å². The van der Waals surface area contributed by atoms with Gasteiger partial charge in [-0.1, -0.05) is 19.8 Å². The Morgan fingerprint density at radius 1 is 1.45 bits per heavy atom. The molecule has 0 unspecified atom stereocenters. The molecule has 2 aromatic heterocycles. The van der Waals surface area contributed by atoms with E-state index in [0.717, 1.165) is 17.6 Å². The first-order valence-electron chi connectivity index (χ1n) is 7.62. The van der Waals surface area contributed by atoms with E-state index in [1.807, 2.05) is 11.5 Å². The van der Waals surface area contributed by atoms with Crippen LogP contribution in [0.4, 0.5) is 11.4 Å². The molecule has 0 amide bonds. The Kier molecular flexibility index (Phi) is 3.89. The number of rotatable bonds is 3. The Labute approximate surface area is 129 Å². The summed E-state index contributed by atoms with van der Waals surface area (Å²) in [6, 6.07) is 2.18. The van der Waals surface area contributed by atoms with Gasteiger partial charge in [0.15, 0.2) is 5.84 Å². The minimum absolute atomic E-state index is 0.0827. The van der Waals surface area contributed by atoms with Crippen LogP contribution in [0.2, 0.25) is 0 Å². The average Bonchev–Trinajstić information content (AvgIpc) is 2.89. The number of nitrogens with zero attached hydrogens (tertiary/aromatic N) is 2. The van der Waals surface area contributed by atoms with Crippen molar-refractivity contribution in [1.29, 1.82) is 5.41 Å². The molecule has 0 spiro atoms. The van der Waals surface area contributed by atoms with Crippen LogP contribution >= 0.6 is 0 Å². The summed E-state index contributed by atoms with van der Waals surface area (Å²) in [5.74, 6) is 0.485. The van der Waals surface area contributed by atoms with Crippen molar-refractivity contribution in [2.45, 2.75) is 38.6 Å². The van der Waals surface area contributed by atoms with Crippen molar-refractivity contribution in [3.8, 4) is 0 Å². The summed E-state index contributed by atoms with van der Waals surface area (Å²) >= 11 is 0. The molecule has 1 aliphatic rings. The minimum Gasteiger partial charge on any atom is -0.397 e. The average molecular weight is 302 g/mol. The Bertz CT molecular complexity index is 695. The summed E-state index contributed by atoms with van der Waals surface area (Å²) in [5, 5.41) is 24.8. The molecule has 1 aliphatic carbocycles. The monoisotopic (exact) mass is 302 g/mol. The number of nitrogens with two attached hydrogens (primary N) is 1. The zero-order valence-corrected chi connectivity index (χ0v) is 12.6. The van der Waals surface area contributed by atoms with Crippen molar-refractivity contribution in [2.75, 3.05) is 11.1 Å². The van der Waals surface area contributed by atoms with Crippen LogP contribution in [0.25, 0.3) is 5.52 Å². The SMILES string of the molecule is C[C@H]1CCCC[C@H]1Nc1c(C(=N)NO)cnn2cc(N)cc12. The lowest BCUT2D eigenvalue weighted by atomic mass is 9.85. The number of hydrogen-bond acceptors (Lipinski definition) is 5. The molecule has 2 atom stereocenters. The number of nitrogen functional groups attached to an aromatic ring is 1. The van der Waals surface area contributed by atoms with Crippen molar-refractivity contribution in [2.24, 2.45) is 5.92 Å². The van der Waals surface area contributed by atoms with Crippen molar-refractivity contribution in [3.05, 3.63) is 24.0 Å². The van der Waals surface area contributed by atoms with Crippen molar-refractivity contribution in [1.82, 2.24) is 15.1 Å². The second-order valence-electron chi connectivity index (χ2n) is 6.04. The van der Waals surface area contributed by atoms with Crippen LogP contribution < -0.4 is 16.5 Å².